The van der Waals surface area contributed by atoms with E-state index in [0.717, 1.165) is 5.25 Å². The second-order valence-electron chi connectivity index (χ2n) is 7.25. The molecule has 2 heteroatoms. The van der Waals surface area contributed by atoms with Crippen LogP contribution in [0.1, 0.15) is 83.5 Å². The number of nitrogens with zero attached hydrogens (tertiary/aromatic N) is 1. The van der Waals surface area contributed by atoms with Gasteiger partial charge in [-0.3, -0.25) is 0 Å². The Labute approximate surface area is 122 Å². The van der Waals surface area contributed by atoms with Crippen LogP contribution in [-0.4, -0.2) is 10.00 Å². The predicted octanol–water partition coefficient (Wildman–Crippen LogP) is 5.45. The van der Waals surface area contributed by atoms with Crippen molar-refractivity contribution in [1.82, 2.24) is 0 Å². The van der Waals surface area contributed by atoms with Gasteiger partial charge >= 0.3 is 0 Å². The highest BCUT2D eigenvalue weighted by atomic mass is 32.2. The average Bonchev–Trinajstić information content (AvgIpc) is 2.65. The van der Waals surface area contributed by atoms with Gasteiger partial charge in [0.2, 0.25) is 0 Å². The summed E-state index contributed by atoms with van der Waals surface area (Å²) >= 11 is 2.07. The van der Waals surface area contributed by atoms with Gasteiger partial charge in [-0.05, 0) is 43.9 Å². The lowest BCUT2D eigenvalue weighted by Gasteiger charge is -2.53. The number of rotatable bonds is 2. The third-order valence-corrected chi connectivity index (χ3v) is 7.27. The van der Waals surface area contributed by atoms with Gasteiger partial charge in [-0.1, -0.05) is 44.9 Å². The van der Waals surface area contributed by atoms with E-state index in [0.29, 0.717) is 5.41 Å². The van der Waals surface area contributed by atoms with E-state index in [-0.39, 0.29) is 4.75 Å². The fourth-order valence-electron chi connectivity index (χ4n) is 4.68. The Morgan fingerprint density at radius 1 is 0.842 bits per heavy atom. The van der Waals surface area contributed by atoms with E-state index in [1.54, 1.807) is 0 Å². The molecule has 0 atom stereocenters. The van der Waals surface area contributed by atoms with Crippen LogP contribution < -0.4 is 0 Å². The molecule has 0 heterocycles. The van der Waals surface area contributed by atoms with E-state index in [1.807, 2.05) is 0 Å². The van der Waals surface area contributed by atoms with Gasteiger partial charge < -0.3 is 0 Å². The summed E-state index contributed by atoms with van der Waals surface area (Å²) in [5, 5.41) is 10.5. The van der Waals surface area contributed by atoms with Crippen molar-refractivity contribution >= 4 is 11.8 Å². The molecule has 0 radical (unpaired) electrons. The maximum atomic E-state index is 9.68. The first kappa shape index (κ1) is 13.8. The van der Waals surface area contributed by atoms with E-state index in [9.17, 15) is 5.26 Å². The minimum absolute atomic E-state index is 0.00630. The van der Waals surface area contributed by atoms with Crippen LogP contribution >= 0.6 is 11.8 Å². The van der Waals surface area contributed by atoms with E-state index >= 15 is 0 Å². The molecule has 0 N–H and O–H groups in total. The van der Waals surface area contributed by atoms with E-state index < -0.39 is 0 Å². The number of nitriles is 1. The second-order valence-corrected chi connectivity index (χ2v) is 8.94. The molecule has 3 saturated carbocycles. The first-order valence-electron chi connectivity index (χ1n) is 8.35. The Bertz CT molecular complexity index is 335. The van der Waals surface area contributed by atoms with Gasteiger partial charge in [0, 0.05) is 5.25 Å². The summed E-state index contributed by atoms with van der Waals surface area (Å²) in [6.07, 6.45) is 17.8. The Balaban J connectivity index is 1.59. The van der Waals surface area contributed by atoms with Crippen molar-refractivity contribution in [3.8, 4) is 6.07 Å². The Morgan fingerprint density at radius 3 is 2.00 bits per heavy atom. The Morgan fingerprint density at radius 2 is 1.42 bits per heavy atom. The van der Waals surface area contributed by atoms with Gasteiger partial charge in [0.25, 0.3) is 0 Å². The van der Waals surface area contributed by atoms with Crippen molar-refractivity contribution in [1.29, 1.82) is 5.26 Å². The summed E-state index contributed by atoms with van der Waals surface area (Å²) in [5.41, 5.74) is 0.577. The van der Waals surface area contributed by atoms with Crippen molar-refractivity contribution in [2.24, 2.45) is 5.41 Å². The molecule has 0 unspecified atom stereocenters. The van der Waals surface area contributed by atoms with E-state index in [4.69, 9.17) is 0 Å². The SMILES string of the molecule is N#CC1(SC2CCCCC2)CC2(CCCCCC2)C1. The molecule has 0 bridgehead atoms. The van der Waals surface area contributed by atoms with Crippen molar-refractivity contribution < 1.29 is 0 Å². The molecule has 0 aliphatic heterocycles. The highest BCUT2D eigenvalue weighted by molar-refractivity contribution is 8.01. The van der Waals surface area contributed by atoms with Crippen molar-refractivity contribution in [2.45, 2.75) is 93.5 Å². The van der Waals surface area contributed by atoms with Crippen LogP contribution in [-0.2, 0) is 0 Å². The molecular weight excluding hydrogens is 250 g/mol. The molecule has 0 amide bonds. The van der Waals surface area contributed by atoms with Gasteiger partial charge in [-0.15, -0.1) is 11.8 Å². The number of hydrogen-bond donors (Lipinski definition) is 0. The van der Waals surface area contributed by atoms with Crippen molar-refractivity contribution in [3.05, 3.63) is 0 Å². The molecule has 0 aromatic carbocycles. The largest absolute Gasteiger partial charge is 0.197 e. The molecule has 1 spiro atoms. The zero-order valence-corrected chi connectivity index (χ0v) is 12.9. The Hall–Kier alpha value is -0.160. The van der Waals surface area contributed by atoms with Crippen LogP contribution in [0.2, 0.25) is 0 Å². The maximum absolute atomic E-state index is 9.68. The predicted molar refractivity (Wildman–Crippen MR) is 82.2 cm³/mol. The smallest absolute Gasteiger partial charge is 0.104 e. The van der Waals surface area contributed by atoms with Crippen molar-refractivity contribution in [3.63, 3.8) is 0 Å². The highest BCUT2D eigenvalue weighted by Crippen LogP contribution is 2.62. The molecule has 3 aliphatic rings. The lowest BCUT2D eigenvalue weighted by molar-refractivity contribution is 0.0878. The summed E-state index contributed by atoms with van der Waals surface area (Å²) in [5.74, 6) is 0. The van der Waals surface area contributed by atoms with Crippen LogP contribution in [0.3, 0.4) is 0 Å². The van der Waals surface area contributed by atoms with Crippen LogP contribution in [0.25, 0.3) is 0 Å². The minimum atomic E-state index is 0.00630. The van der Waals surface area contributed by atoms with Crippen LogP contribution in [0.4, 0.5) is 0 Å². The Kier molecular flexibility index (Phi) is 4.13. The molecule has 19 heavy (non-hydrogen) atoms. The average molecular weight is 277 g/mol. The summed E-state index contributed by atoms with van der Waals surface area (Å²) in [6.45, 7) is 0. The number of hydrogen-bond acceptors (Lipinski definition) is 2. The van der Waals surface area contributed by atoms with Crippen LogP contribution in [0, 0.1) is 16.7 Å². The first-order chi connectivity index (χ1) is 9.26. The monoisotopic (exact) mass is 277 g/mol. The normalized spacial score (nSPS) is 30.3. The molecule has 3 fully saturated rings. The molecule has 1 nitrogen and oxygen atoms in total. The van der Waals surface area contributed by atoms with Gasteiger partial charge in [0.05, 0.1) is 6.07 Å². The van der Waals surface area contributed by atoms with Crippen LogP contribution in [0.15, 0.2) is 0 Å². The zero-order chi connectivity index (χ0) is 13.2. The number of thioether (sulfide) groups is 1. The molecule has 106 valence electrons. The van der Waals surface area contributed by atoms with Gasteiger partial charge in [-0.2, -0.15) is 5.26 Å². The van der Waals surface area contributed by atoms with E-state index in [1.165, 1.54) is 83.5 Å². The summed E-state index contributed by atoms with van der Waals surface area (Å²) < 4.78 is 0.00630. The summed E-state index contributed by atoms with van der Waals surface area (Å²) in [4.78, 5) is 0. The second kappa shape index (κ2) is 5.68. The fourth-order valence-corrected chi connectivity index (χ4v) is 6.72. The molecule has 0 saturated heterocycles. The van der Waals surface area contributed by atoms with Gasteiger partial charge in [0.1, 0.15) is 4.75 Å². The van der Waals surface area contributed by atoms with E-state index in [2.05, 4.69) is 17.8 Å². The molecule has 3 aliphatic carbocycles. The summed E-state index contributed by atoms with van der Waals surface area (Å²) in [6, 6.07) is 2.72. The van der Waals surface area contributed by atoms with Gasteiger partial charge in [0.15, 0.2) is 0 Å². The fraction of sp³-hybridized carbons (Fsp3) is 0.941. The van der Waals surface area contributed by atoms with Crippen LogP contribution in [0.5, 0.6) is 0 Å². The third kappa shape index (κ3) is 2.97. The zero-order valence-electron chi connectivity index (χ0n) is 12.1. The lowest BCUT2D eigenvalue weighted by atomic mass is 9.58. The maximum Gasteiger partial charge on any atom is 0.104 e. The van der Waals surface area contributed by atoms with Crippen molar-refractivity contribution in [2.75, 3.05) is 0 Å². The first-order valence-corrected chi connectivity index (χ1v) is 9.23. The lowest BCUT2D eigenvalue weighted by Crippen LogP contribution is -2.49. The summed E-state index contributed by atoms with van der Waals surface area (Å²) in [7, 11) is 0. The quantitative estimate of drug-likeness (QED) is 0.670. The molecule has 0 aromatic heterocycles. The molecule has 0 aromatic rings. The molecule has 3 rings (SSSR count). The minimum Gasteiger partial charge on any atom is -0.197 e. The third-order valence-electron chi connectivity index (χ3n) is 5.63. The molecular formula is C17H27NS. The van der Waals surface area contributed by atoms with Gasteiger partial charge in [-0.25, -0.2) is 0 Å². The highest BCUT2D eigenvalue weighted by Gasteiger charge is 2.55. The standard InChI is InChI=1S/C17H27NS/c18-14-17(19-15-8-4-3-5-9-15)12-16(13-17)10-6-1-2-7-11-16/h15H,1-13H2. The topological polar surface area (TPSA) is 23.8 Å².